The van der Waals surface area contributed by atoms with E-state index in [2.05, 4.69) is 16.4 Å². The third-order valence-corrected chi connectivity index (χ3v) is 7.37. The van der Waals surface area contributed by atoms with E-state index in [1.807, 2.05) is 0 Å². The first-order valence-corrected chi connectivity index (χ1v) is 11.4. The van der Waals surface area contributed by atoms with Crippen LogP contribution in [0.5, 0.6) is 0 Å². The summed E-state index contributed by atoms with van der Waals surface area (Å²) in [6.45, 7) is 0.620. The Balaban J connectivity index is 1.38. The summed E-state index contributed by atoms with van der Waals surface area (Å²) < 4.78 is 40.4. The molecular formula is C24H25F3N4O2. The monoisotopic (exact) mass is 458 g/mol. The SMILES string of the molecule is N#CC1(NC(=O)C2CCCCC2C(=O)N2CCc3[nH]c4c(C(F)(F)F)cccc4c3C2)CC1. The Labute approximate surface area is 189 Å². The molecule has 1 aromatic heterocycles. The van der Waals surface area contributed by atoms with Gasteiger partial charge < -0.3 is 15.2 Å². The van der Waals surface area contributed by atoms with Crippen molar-refractivity contribution in [3.05, 3.63) is 35.0 Å². The van der Waals surface area contributed by atoms with E-state index in [1.165, 1.54) is 6.07 Å². The topological polar surface area (TPSA) is 89.0 Å². The Morgan fingerprint density at radius 3 is 2.58 bits per heavy atom. The number of nitrogens with one attached hydrogen (secondary N) is 2. The summed E-state index contributed by atoms with van der Waals surface area (Å²) in [5.41, 5.74) is 0.0260. The molecule has 0 spiro atoms. The number of para-hydroxylation sites is 1. The van der Waals surface area contributed by atoms with E-state index < -0.39 is 29.1 Å². The van der Waals surface area contributed by atoms with Gasteiger partial charge in [0, 0.05) is 48.0 Å². The summed E-state index contributed by atoms with van der Waals surface area (Å²) in [4.78, 5) is 31.1. The third kappa shape index (κ3) is 3.85. The zero-order chi connectivity index (χ0) is 23.4. The maximum absolute atomic E-state index is 13.5. The second-order valence-electron chi connectivity index (χ2n) is 9.50. The van der Waals surface area contributed by atoms with Crippen LogP contribution in [-0.2, 0) is 28.7 Å². The van der Waals surface area contributed by atoms with Gasteiger partial charge in [-0.1, -0.05) is 25.0 Å². The number of aromatic amines is 1. The van der Waals surface area contributed by atoms with Crippen molar-refractivity contribution in [2.24, 2.45) is 11.8 Å². The minimum atomic E-state index is -4.46. The first-order valence-electron chi connectivity index (χ1n) is 11.4. The van der Waals surface area contributed by atoms with Gasteiger partial charge in [-0.2, -0.15) is 18.4 Å². The van der Waals surface area contributed by atoms with E-state index in [0.29, 0.717) is 49.6 Å². The van der Waals surface area contributed by atoms with Crippen molar-refractivity contribution in [2.45, 2.75) is 63.2 Å². The third-order valence-electron chi connectivity index (χ3n) is 7.37. The summed E-state index contributed by atoms with van der Waals surface area (Å²) >= 11 is 0. The van der Waals surface area contributed by atoms with Crippen molar-refractivity contribution in [1.82, 2.24) is 15.2 Å². The molecule has 3 aliphatic rings. The van der Waals surface area contributed by atoms with Crippen LogP contribution in [0.1, 0.15) is 55.3 Å². The Bertz CT molecular complexity index is 1160. The number of halogens is 3. The fraction of sp³-hybridized carbons (Fsp3) is 0.542. The highest BCUT2D eigenvalue weighted by Gasteiger charge is 2.47. The molecule has 174 valence electrons. The molecule has 2 heterocycles. The maximum atomic E-state index is 13.5. The van der Waals surface area contributed by atoms with E-state index in [1.54, 1.807) is 11.0 Å². The van der Waals surface area contributed by atoms with Crippen LogP contribution in [0.2, 0.25) is 0 Å². The number of alkyl halides is 3. The number of carbonyl (C=O) groups excluding carboxylic acids is 2. The van der Waals surface area contributed by atoms with Crippen LogP contribution < -0.4 is 5.32 Å². The van der Waals surface area contributed by atoms with Gasteiger partial charge in [-0.05, 0) is 31.7 Å². The van der Waals surface area contributed by atoms with Crippen molar-refractivity contribution in [1.29, 1.82) is 5.26 Å². The van der Waals surface area contributed by atoms with Gasteiger partial charge in [0.2, 0.25) is 11.8 Å². The molecule has 9 heteroatoms. The number of carbonyl (C=O) groups is 2. The van der Waals surface area contributed by atoms with Crippen molar-refractivity contribution in [2.75, 3.05) is 6.54 Å². The molecule has 2 aromatic rings. The summed E-state index contributed by atoms with van der Waals surface area (Å²) in [6, 6.07) is 6.27. The lowest BCUT2D eigenvalue weighted by molar-refractivity contribution is -0.144. The number of H-pyrrole nitrogens is 1. The van der Waals surface area contributed by atoms with Crippen molar-refractivity contribution >= 4 is 22.7 Å². The number of nitriles is 1. The smallest absolute Gasteiger partial charge is 0.358 e. The molecular weight excluding hydrogens is 433 g/mol. The van der Waals surface area contributed by atoms with Crippen molar-refractivity contribution < 1.29 is 22.8 Å². The van der Waals surface area contributed by atoms with Gasteiger partial charge in [0.25, 0.3) is 0 Å². The minimum Gasteiger partial charge on any atom is -0.358 e. The quantitative estimate of drug-likeness (QED) is 0.727. The normalized spacial score (nSPS) is 24.1. The molecule has 33 heavy (non-hydrogen) atoms. The van der Waals surface area contributed by atoms with Crippen LogP contribution in [0, 0.1) is 23.2 Å². The average Bonchev–Trinajstić information content (AvgIpc) is 3.48. The van der Waals surface area contributed by atoms with Gasteiger partial charge in [0.05, 0.1) is 17.1 Å². The summed E-state index contributed by atoms with van der Waals surface area (Å²) in [7, 11) is 0. The number of nitrogens with zero attached hydrogens (tertiary/aromatic N) is 2. The van der Waals surface area contributed by atoms with Gasteiger partial charge in [-0.15, -0.1) is 0 Å². The van der Waals surface area contributed by atoms with Crippen LogP contribution in [-0.4, -0.2) is 33.8 Å². The number of fused-ring (bicyclic) bond motifs is 3. The molecule has 0 radical (unpaired) electrons. The zero-order valence-corrected chi connectivity index (χ0v) is 18.1. The number of rotatable bonds is 3. The van der Waals surface area contributed by atoms with E-state index in [0.717, 1.165) is 24.6 Å². The van der Waals surface area contributed by atoms with Gasteiger partial charge in [-0.25, -0.2) is 0 Å². The van der Waals surface area contributed by atoms with Crippen LogP contribution >= 0.6 is 0 Å². The second kappa shape index (κ2) is 7.79. The summed E-state index contributed by atoms with van der Waals surface area (Å²) in [5.74, 6) is -1.29. The Morgan fingerprint density at radius 1 is 1.18 bits per heavy atom. The van der Waals surface area contributed by atoms with Crippen molar-refractivity contribution in [3.8, 4) is 6.07 Å². The van der Waals surface area contributed by atoms with E-state index in [4.69, 9.17) is 0 Å². The predicted molar refractivity (Wildman–Crippen MR) is 114 cm³/mol. The molecule has 5 rings (SSSR count). The summed E-state index contributed by atoms with van der Waals surface area (Å²) in [6.07, 6.45) is 0.156. The molecule has 2 aliphatic carbocycles. The van der Waals surface area contributed by atoms with Crippen molar-refractivity contribution in [3.63, 3.8) is 0 Å². The van der Waals surface area contributed by atoms with E-state index in [9.17, 15) is 28.0 Å². The average molecular weight is 458 g/mol. The molecule has 0 saturated heterocycles. The molecule has 2 fully saturated rings. The highest BCUT2D eigenvalue weighted by molar-refractivity contribution is 5.91. The van der Waals surface area contributed by atoms with Gasteiger partial charge in [-0.3, -0.25) is 9.59 Å². The van der Waals surface area contributed by atoms with Gasteiger partial charge in [0.15, 0.2) is 0 Å². The molecule has 2 atom stereocenters. The lowest BCUT2D eigenvalue weighted by atomic mass is 9.77. The number of aromatic nitrogens is 1. The number of amides is 2. The maximum Gasteiger partial charge on any atom is 0.418 e. The molecule has 2 N–H and O–H groups in total. The first kappa shape index (κ1) is 21.8. The lowest BCUT2D eigenvalue weighted by Crippen LogP contribution is -2.48. The molecule has 6 nitrogen and oxygen atoms in total. The first-order chi connectivity index (χ1) is 15.7. The Hall–Kier alpha value is -3.02. The summed E-state index contributed by atoms with van der Waals surface area (Å²) in [5, 5.41) is 12.6. The number of hydrogen-bond donors (Lipinski definition) is 2. The fourth-order valence-electron chi connectivity index (χ4n) is 5.36. The van der Waals surface area contributed by atoms with Crippen LogP contribution in [0.3, 0.4) is 0 Å². The molecule has 2 unspecified atom stereocenters. The molecule has 1 aromatic carbocycles. The van der Waals surface area contributed by atoms with Gasteiger partial charge >= 0.3 is 6.18 Å². The lowest BCUT2D eigenvalue weighted by Gasteiger charge is -2.36. The van der Waals surface area contributed by atoms with Crippen LogP contribution in [0.4, 0.5) is 13.2 Å². The largest absolute Gasteiger partial charge is 0.418 e. The molecule has 2 amide bonds. The molecule has 1 aliphatic heterocycles. The van der Waals surface area contributed by atoms with E-state index >= 15 is 0 Å². The molecule has 0 bridgehead atoms. The second-order valence-corrected chi connectivity index (χ2v) is 9.50. The minimum absolute atomic E-state index is 0.0606. The highest BCUT2D eigenvalue weighted by Crippen LogP contribution is 2.40. The van der Waals surface area contributed by atoms with Crippen LogP contribution in [0.15, 0.2) is 18.2 Å². The predicted octanol–water partition coefficient (Wildman–Crippen LogP) is 4.05. The van der Waals surface area contributed by atoms with Crippen LogP contribution in [0.25, 0.3) is 10.9 Å². The molecule has 2 saturated carbocycles. The fourth-order valence-corrected chi connectivity index (χ4v) is 5.36. The highest BCUT2D eigenvalue weighted by atomic mass is 19.4. The number of benzene rings is 1. The van der Waals surface area contributed by atoms with Gasteiger partial charge in [0.1, 0.15) is 5.54 Å². The zero-order valence-electron chi connectivity index (χ0n) is 18.1. The standard InChI is InChI=1S/C24H25F3N4O2/c25-24(26,27)18-7-3-6-14-17-12-31(11-8-19(17)29-20(14)18)22(33)16-5-2-1-4-15(16)21(32)30-23(13-28)9-10-23/h3,6-7,15-16,29H,1-2,4-5,8-12H2,(H,30,32). The Kier molecular flexibility index (Phi) is 5.15. The van der Waals surface area contributed by atoms with E-state index in [-0.39, 0.29) is 23.9 Å². The number of hydrogen-bond acceptors (Lipinski definition) is 3. The Morgan fingerprint density at radius 2 is 1.91 bits per heavy atom.